The number of hydrogen-bond acceptors (Lipinski definition) is 7. The van der Waals surface area contributed by atoms with Crippen LogP contribution < -0.4 is 16.2 Å². The Balaban J connectivity index is 1.65. The van der Waals surface area contributed by atoms with Gasteiger partial charge in [0.25, 0.3) is 10.7 Å². The van der Waals surface area contributed by atoms with Gasteiger partial charge in [-0.1, -0.05) is 24.8 Å². The molecule has 1 atom stereocenters. The van der Waals surface area contributed by atoms with E-state index >= 15 is 0 Å². The number of esters is 1. The summed E-state index contributed by atoms with van der Waals surface area (Å²) in [6.45, 7) is -0.0245. The van der Waals surface area contributed by atoms with Gasteiger partial charge in [0, 0.05) is 12.8 Å². The number of aromatic amines is 1. The van der Waals surface area contributed by atoms with E-state index in [1.54, 1.807) is 24.3 Å². The number of cyclic esters (lactones) is 1. The molecule has 1 aliphatic heterocycles. The highest BCUT2D eigenvalue weighted by molar-refractivity contribution is 7.81. The zero-order chi connectivity index (χ0) is 16.4. The van der Waals surface area contributed by atoms with Crippen LogP contribution in [0.1, 0.15) is 12.2 Å². The molecule has 0 bridgehead atoms. The molecule has 120 valence electrons. The first-order valence-electron chi connectivity index (χ1n) is 6.93. The summed E-state index contributed by atoms with van der Waals surface area (Å²) in [5, 5.41) is 4.10. The predicted molar refractivity (Wildman–Crippen MR) is 84.6 cm³/mol. The number of aryl methyl sites for hydroxylation is 1. The van der Waals surface area contributed by atoms with E-state index in [1.165, 1.54) is 0 Å². The zero-order valence-corrected chi connectivity index (χ0v) is 12.9. The fourth-order valence-electron chi connectivity index (χ4n) is 2.24. The average Bonchev–Trinajstić information content (AvgIpc) is 2.84. The van der Waals surface area contributed by atoms with Crippen LogP contribution in [0.3, 0.4) is 0 Å². The van der Waals surface area contributed by atoms with Gasteiger partial charge in [-0.3, -0.25) is 19.7 Å². The SMILES string of the molecule is O=C(CCc1nc2ccccc2c(=O)[nH]1)NC1(S)NCC(=O)O1. The average molecular weight is 334 g/mol. The summed E-state index contributed by atoms with van der Waals surface area (Å²) < 4.78 is 4.86. The monoisotopic (exact) mass is 334 g/mol. The molecule has 3 N–H and O–H groups in total. The molecule has 1 amide bonds. The number of H-pyrrole nitrogens is 1. The number of thiol groups is 1. The number of nitrogens with one attached hydrogen (secondary N) is 3. The van der Waals surface area contributed by atoms with E-state index in [0.717, 1.165) is 0 Å². The summed E-state index contributed by atoms with van der Waals surface area (Å²) in [7, 11) is 0. The van der Waals surface area contributed by atoms with Crippen LogP contribution in [0.4, 0.5) is 0 Å². The van der Waals surface area contributed by atoms with Crippen LogP contribution in [-0.2, 0) is 20.7 Å². The molecule has 0 aliphatic carbocycles. The van der Waals surface area contributed by atoms with Gasteiger partial charge in [-0.2, -0.15) is 0 Å². The second kappa shape index (κ2) is 6.01. The van der Waals surface area contributed by atoms with Crippen molar-refractivity contribution in [1.82, 2.24) is 20.6 Å². The van der Waals surface area contributed by atoms with Crippen molar-refractivity contribution in [2.24, 2.45) is 0 Å². The van der Waals surface area contributed by atoms with Gasteiger partial charge in [0.15, 0.2) is 0 Å². The molecule has 2 heterocycles. The first kappa shape index (κ1) is 15.5. The third-order valence-corrected chi connectivity index (χ3v) is 3.65. The number of fused-ring (bicyclic) bond motifs is 1. The van der Waals surface area contributed by atoms with Crippen molar-refractivity contribution < 1.29 is 14.3 Å². The first-order chi connectivity index (χ1) is 11.0. The number of carbonyl (C=O) groups is 2. The maximum Gasteiger partial charge on any atom is 0.323 e. The minimum Gasteiger partial charge on any atom is -0.414 e. The lowest BCUT2D eigenvalue weighted by molar-refractivity contribution is -0.145. The maximum absolute atomic E-state index is 11.9. The predicted octanol–water partition coefficient (Wildman–Crippen LogP) is -0.341. The van der Waals surface area contributed by atoms with E-state index in [4.69, 9.17) is 4.74 Å². The molecule has 0 spiro atoms. The summed E-state index contributed by atoms with van der Waals surface area (Å²) in [4.78, 5) is 41.9. The van der Waals surface area contributed by atoms with Crippen LogP contribution in [0.25, 0.3) is 10.9 Å². The van der Waals surface area contributed by atoms with Crippen molar-refractivity contribution in [2.45, 2.75) is 18.0 Å². The van der Waals surface area contributed by atoms with Crippen molar-refractivity contribution in [3.05, 3.63) is 40.4 Å². The van der Waals surface area contributed by atoms with Crippen molar-refractivity contribution in [3.63, 3.8) is 0 Å². The van der Waals surface area contributed by atoms with Gasteiger partial charge in [0.05, 0.1) is 17.4 Å². The van der Waals surface area contributed by atoms with E-state index in [2.05, 4.69) is 33.2 Å². The fourth-order valence-corrected chi connectivity index (χ4v) is 2.54. The van der Waals surface area contributed by atoms with Crippen LogP contribution in [0, 0.1) is 0 Å². The van der Waals surface area contributed by atoms with E-state index in [0.29, 0.717) is 16.7 Å². The molecule has 1 aliphatic rings. The van der Waals surface area contributed by atoms with Crippen LogP contribution in [0.5, 0.6) is 0 Å². The third kappa shape index (κ3) is 3.51. The normalized spacial score (nSPS) is 20.5. The lowest BCUT2D eigenvalue weighted by atomic mass is 10.2. The van der Waals surface area contributed by atoms with Gasteiger partial charge < -0.3 is 9.72 Å². The molecule has 1 saturated heterocycles. The maximum atomic E-state index is 11.9. The van der Waals surface area contributed by atoms with Gasteiger partial charge in [-0.25, -0.2) is 10.3 Å². The Morgan fingerprint density at radius 3 is 2.91 bits per heavy atom. The van der Waals surface area contributed by atoms with E-state index in [-0.39, 0.29) is 24.9 Å². The van der Waals surface area contributed by atoms with Crippen molar-refractivity contribution in [1.29, 1.82) is 0 Å². The number of ether oxygens (including phenoxy) is 1. The number of rotatable bonds is 4. The highest BCUT2D eigenvalue weighted by Crippen LogP contribution is 2.14. The Morgan fingerprint density at radius 2 is 2.17 bits per heavy atom. The van der Waals surface area contributed by atoms with Gasteiger partial charge in [-0.05, 0) is 12.1 Å². The molecule has 3 rings (SSSR count). The fraction of sp³-hybridized carbons (Fsp3) is 0.286. The molecule has 1 aromatic carbocycles. The van der Waals surface area contributed by atoms with Crippen LogP contribution in [0.2, 0.25) is 0 Å². The summed E-state index contributed by atoms with van der Waals surface area (Å²) in [6, 6.07) is 6.96. The van der Waals surface area contributed by atoms with E-state index in [9.17, 15) is 14.4 Å². The zero-order valence-electron chi connectivity index (χ0n) is 12.0. The van der Waals surface area contributed by atoms with Gasteiger partial charge in [0.2, 0.25) is 5.91 Å². The second-order valence-electron chi connectivity index (χ2n) is 5.05. The standard InChI is InChI=1S/C14H14N4O4S/c19-11(18-14(23)15-7-12(20)22-14)6-5-10-16-9-4-2-1-3-8(9)13(21)17-10/h1-4,15,23H,5-7H2,(H,18,19)(H,16,17,21). The van der Waals surface area contributed by atoms with E-state index in [1.807, 2.05) is 0 Å². The molecule has 0 radical (unpaired) electrons. The molecule has 9 heteroatoms. The Hall–Kier alpha value is -2.39. The summed E-state index contributed by atoms with van der Waals surface area (Å²) in [6.07, 6.45) is 0.298. The van der Waals surface area contributed by atoms with Gasteiger partial charge in [-0.15, -0.1) is 0 Å². The smallest absolute Gasteiger partial charge is 0.323 e. The lowest BCUT2D eigenvalue weighted by Gasteiger charge is -2.22. The van der Waals surface area contributed by atoms with Crippen molar-refractivity contribution >= 4 is 35.4 Å². The third-order valence-electron chi connectivity index (χ3n) is 3.29. The van der Waals surface area contributed by atoms with Crippen LogP contribution >= 0.6 is 12.6 Å². The Kier molecular flexibility index (Phi) is 4.05. The highest BCUT2D eigenvalue weighted by Gasteiger charge is 2.37. The molecule has 1 aromatic heterocycles. The molecule has 23 heavy (non-hydrogen) atoms. The largest absolute Gasteiger partial charge is 0.414 e. The lowest BCUT2D eigenvalue weighted by Crippen LogP contribution is -2.52. The van der Waals surface area contributed by atoms with Gasteiger partial charge in [0.1, 0.15) is 5.82 Å². The van der Waals surface area contributed by atoms with E-state index < -0.39 is 17.1 Å². The number of para-hydroxylation sites is 1. The number of amides is 1. The van der Waals surface area contributed by atoms with Crippen LogP contribution in [0.15, 0.2) is 29.1 Å². The number of aromatic nitrogens is 2. The molecule has 2 aromatic rings. The molecule has 1 fully saturated rings. The van der Waals surface area contributed by atoms with Crippen molar-refractivity contribution in [3.8, 4) is 0 Å². The number of hydrogen-bond donors (Lipinski definition) is 4. The summed E-state index contributed by atoms with van der Waals surface area (Å²) in [5.41, 5.74) is 0.326. The number of nitrogens with zero attached hydrogens (tertiary/aromatic N) is 1. The first-order valence-corrected chi connectivity index (χ1v) is 7.38. The number of benzene rings is 1. The minimum atomic E-state index is -1.49. The van der Waals surface area contributed by atoms with Crippen LogP contribution in [-0.4, -0.2) is 33.6 Å². The van der Waals surface area contributed by atoms with Crippen molar-refractivity contribution in [2.75, 3.05) is 6.54 Å². The molecule has 1 unspecified atom stereocenters. The molecule has 8 nitrogen and oxygen atoms in total. The Bertz CT molecular complexity index is 837. The quantitative estimate of drug-likeness (QED) is 0.346. The summed E-state index contributed by atoms with van der Waals surface area (Å²) >= 11 is 4.07. The molecule has 0 saturated carbocycles. The highest BCUT2D eigenvalue weighted by atomic mass is 32.1. The van der Waals surface area contributed by atoms with Gasteiger partial charge >= 0.3 is 5.97 Å². The summed E-state index contributed by atoms with van der Waals surface area (Å²) in [5.74, 6) is -0.479. The minimum absolute atomic E-state index is 0.0245. The second-order valence-corrected chi connectivity index (χ2v) is 5.68. The number of carbonyl (C=O) groups excluding carboxylic acids is 2. The Morgan fingerprint density at radius 1 is 1.39 bits per heavy atom. The molecular weight excluding hydrogens is 320 g/mol. The molecular formula is C14H14N4O4S. The topological polar surface area (TPSA) is 113 Å². The Labute approximate surface area is 136 Å².